The van der Waals surface area contributed by atoms with E-state index >= 15 is 0 Å². The highest BCUT2D eigenvalue weighted by atomic mass is 35.5. The van der Waals surface area contributed by atoms with Gasteiger partial charge in [0.1, 0.15) is 0 Å². The Hall–Kier alpha value is -2.73. The van der Waals surface area contributed by atoms with Gasteiger partial charge in [-0.25, -0.2) is 0 Å². The largest absolute Gasteiger partial charge is 0.454 e. The predicted octanol–water partition coefficient (Wildman–Crippen LogP) is 4.55. The quantitative estimate of drug-likeness (QED) is 0.609. The minimum absolute atomic E-state index is 0.130. The van der Waals surface area contributed by atoms with Crippen LogP contribution in [0.25, 0.3) is 0 Å². The molecule has 7 heteroatoms. The van der Waals surface area contributed by atoms with Gasteiger partial charge in [-0.3, -0.25) is 9.59 Å². The zero-order valence-corrected chi connectivity index (χ0v) is 18.2. The van der Waals surface area contributed by atoms with Crippen molar-refractivity contribution in [2.24, 2.45) is 0 Å². The highest BCUT2D eigenvalue weighted by molar-refractivity contribution is 6.30. The number of fused-ring (bicyclic) bond motifs is 1. The molecule has 1 aliphatic heterocycles. The summed E-state index contributed by atoms with van der Waals surface area (Å²) >= 11 is 5.86. The van der Waals surface area contributed by atoms with Gasteiger partial charge >= 0.3 is 0 Å². The third-order valence-electron chi connectivity index (χ3n) is 5.84. The molecule has 0 bridgehead atoms. The molecule has 4 rings (SSSR count). The third-order valence-corrected chi connectivity index (χ3v) is 6.09. The molecule has 6 nitrogen and oxygen atoms in total. The fourth-order valence-corrected chi connectivity index (χ4v) is 4.29. The second kappa shape index (κ2) is 10.1. The van der Waals surface area contributed by atoms with Crippen LogP contribution in [0.1, 0.15) is 54.4 Å². The van der Waals surface area contributed by atoms with Crippen LogP contribution < -0.4 is 14.8 Å². The highest BCUT2D eigenvalue weighted by Crippen LogP contribution is 2.34. The molecule has 0 spiro atoms. The lowest BCUT2D eigenvalue weighted by molar-refractivity contribution is -0.134. The van der Waals surface area contributed by atoms with E-state index in [0.717, 1.165) is 42.7 Å². The lowest BCUT2D eigenvalue weighted by Crippen LogP contribution is -2.38. The molecule has 1 fully saturated rings. The molecule has 0 atom stereocenters. The minimum atomic E-state index is -0.155. The number of carbonyl (C=O) groups is 2. The number of carbonyl (C=O) groups excluding carboxylic acids is 2. The van der Waals surface area contributed by atoms with Crippen LogP contribution in [0.4, 0.5) is 0 Å². The van der Waals surface area contributed by atoms with E-state index in [2.05, 4.69) is 5.32 Å². The molecule has 1 N–H and O–H groups in total. The van der Waals surface area contributed by atoms with Gasteiger partial charge in [-0.15, -0.1) is 0 Å². The van der Waals surface area contributed by atoms with Crippen molar-refractivity contribution in [2.75, 3.05) is 13.3 Å². The van der Waals surface area contributed by atoms with Crippen LogP contribution in [-0.2, 0) is 11.3 Å². The summed E-state index contributed by atoms with van der Waals surface area (Å²) in [7, 11) is 0. The van der Waals surface area contributed by atoms with E-state index in [0.29, 0.717) is 36.5 Å². The summed E-state index contributed by atoms with van der Waals surface area (Å²) in [4.78, 5) is 27.3. The summed E-state index contributed by atoms with van der Waals surface area (Å²) in [5, 5.41) is 3.47. The Kier molecular flexibility index (Phi) is 6.97. The molecular formula is C24H27ClN2O4. The maximum atomic E-state index is 13.1. The highest BCUT2D eigenvalue weighted by Gasteiger charge is 2.27. The molecule has 1 saturated carbocycles. The average Bonchev–Trinajstić information content (AvgIpc) is 3.47. The number of hydrogen-bond donors (Lipinski definition) is 1. The average molecular weight is 443 g/mol. The van der Waals surface area contributed by atoms with Gasteiger partial charge in [0, 0.05) is 36.1 Å². The van der Waals surface area contributed by atoms with Gasteiger partial charge in [0.15, 0.2) is 11.5 Å². The smallest absolute Gasteiger partial charge is 0.251 e. The van der Waals surface area contributed by atoms with Crippen molar-refractivity contribution >= 4 is 23.4 Å². The number of rotatable bonds is 8. The summed E-state index contributed by atoms with van der Waals surface area (Å²) in [6.45, 7) is 1.26. The molecule has 31 heavy (non-hydrogen) atoms. The first kappa shape index (κ1) is 21.5. The van der Waals surface area contributed by atoms with E-state index in [-0.39, 0.29) is 24.6 Å². The van der Waals surface area contributed by atoms with Crippen molar-refractivity contribution in [2.45, 2.75) is 51.1 Å². The first-order chi connectivity index (χ1) is 15.1. The van der Waals surface area contributed by atoms with Crippen LogP contribution in [0, 0.1) is 0 Å². The molecule has 0 radical (unpaired) electrons. The summed E-state index contributed by atoms with van der Waals surface area (Å²) in [6.07, 6.45) is 5.41. The maximum absolute atomic E-state index is 13.1. The zero-order valence-electron chi connectivity index (χ0n) is 17.4. The SMILES string of the molecule is O=C(NCCCC(=O)N(Cc1ccc2c(c1)OCO2)C1CCCC1)c1ccc(Cl)cc1. The Bertz CT molecular complexity index is 926. The van der Waals surface area contributed by atoms with Crippen LogP contribution in [0.3, 0.4) is 0 Å². The number of ether oxygens (including phenoxy) is 2. The van der Waals surface area contributed by atoms with E-state index in [9.17, 15) is 9.59 Å². The molecule has 0 saturated heterocycles. The van der Waals surface area contributed by atoms with Crippen molar-refractivity contribution < 1.29 is 19.1 Å². The molecular weight excluding hydrogens is 416 g/mol. The molecule has 0 unspecified atom stereocenters. The molecule has 2 amide bonds. The minimum Gasteiger partial charge on any atom is -0.454 e. The Morgan fingerprint density at radius 3 is 2.55 bits per heavy atom. The fourth-order valence-electron chi connectivity index (χ4n) is 4.16. The molecule has 1 heterocycles. The first-order valence-corrected chi connectivity index (χ1v) is 11.2. The van der Waals surface area contributed by atoms with Crippen LogP contribution in [0.5, 0.6) is 11.5 Å². The zero-order chi connectivity index (χ0) is 21.6. The topological polar surface area (TPSA) is 67.9 Å². The summed E-state index contributed by atoms with van der Waals surface area (Å²) in [5.74, 6) is 1.46. The van der Waals surface area contributed by atoms with E-state index in [1.807, 2.05) is 23.1 Å². The number of halogens is 1. The van der Waals surface area contributed by atoms with Gasteiger partial charge in [-0.05, 0) is 61.2 Å². The molecule has 1 aliphatic carbocycles. The van der Waals surface area contributed by atoms with Crippen LogP contribution in [-0.4, -0.2) is 36.1 Å². The van der Waals surface area contributed by atoms with E-state index in [4.69, 9.17) is 21.1 Å². The summed E-state index contributed by atoms with van der Waals surface area (Å²) in [5.41, 5.74) is 1.60. The predicted molar refractivity (Wildman–Crippen MR) is 118 cm³/mol. The number of nitrogens with zero attached hydrogens (tertiary/aromatic N) is 1. The Morgan fingerprint density at radius 1 is 1.03 bits per heavy atom. The van der Waals surface area contributed by atoms with Gasteiger partial charge in [0.05, 0.1) is 0 Å². The molecule has 2 aliphatic rings. The molecule has 164 valence electrons. The number of benzene rings is 2. The van der Waals surface area contributed by atoms with Gasteiger partial charge in [-0.1, -0.05) is 30.5 Å². The fraction of sp³-hybridized carbons (Fsp3) is 0.417. The van der Waals surface area contributed by atoms with E-state index in [1.165, 1.54) is 0 Å². The third kappa shape index (κ3) is 5.50. The lowest BCUT2D eigenvalue weighted by atomic mass is 10.1. The number of hydrogen-bond acceptors (Lipinski definition) is 4. The van der Waals surface area contributed by atoms with Crippen molar-refractivity contribution in [3.8, 4) is 11.5 Å². The second-order valence-electron chi connectivity index (χ2n) is 8.01. The standard InChI is InChI=1S/C24H27ClN2O4/c25-19-10-8-18(9-11-19)24(29)26-13-3-6-23(28)27(20-4-1-2-5-20)15-17-7-12-21-22(14-17)31-16-30-21/h7-12,14,20H,1-6,13,15-16H2,(H,26,29). The van der Waals surface area contributed by atoms with E-state index < -0.39 is 0 Å². The van der Waals surface area contributed by atoms with Gasteiger partial charge in [-0.2, -0.15) is 0 Å². The Labute approximate surface area is 187 Å². The lowest BCUT2D eigenvalue weighted by Gasteiger charge is -2.29. The normalized spacial score (nSPS) is 15.1. The van der Waals surface area contributed by atoms with Crippen LogP contribution in [0.15, 0.2) is 42.5 Å². The monoisotopic (exact) mass is 442 g/mol. The number of amides is 2. The van der Waals surface area contributed by atoms with Gasteiger partial charge in [0.25, 0.3) is 5.91 Å². The maximum Gasteiger partial charge on any atom is 0.251 e. The van der Waals surface area contributed by atoms with E-state index in [1.54, 1.807) is 24.3 Å². The van der Waals surface area contributed by atoms with Crippen molar-refractivity contribution in [3.05, 3.63) is 58.6 Å². The summed E-state index contributed by atoms with van der Waals surface area (Å²) < 4.78 is 10.9. The molecule has 2 aromatic carbocycles. The first-order valence-electron chi connectivity index (χ1n) is 10.8. The molecule has 0 aromatic heterocycles. The van der Waals surface area contributed by atoms with Crippen LogP contribution in [0.2, 0.25) is 5.02 Å². The Balaban J connectivity index is 1.31. The van der Waals surface area contributed by atoms with Gasteiger partial charge < -0.3 is 19.7 Å². The van der Waals surface area contributed by atoms with Gasteiger partial charge in [0.2, 0.25) is 12.7 Å². The van der Waals surface area contributed by atoms with Crippen molar-refractivity contribution in [1.29, 1.82) is 0 Å². The Morgan fingerprint density at radius 2 is 1.77 bits per heavy atom. The second-order valence-corrected chi connectivity index (χ2v) is 8.45. The number of nitrogens with one attached hydrogen (secondary N) is 1. The van der Waals surface area contributed by atoms with Crippen LogP contribution >= 0.6 is 11.6 Å². The van der Waals surface area contributed by atoms with Crippen molar-refractivity contribution in [3.63, 3.8) is 0 Å². The summed E-state index contributed by atoms with van der Waals surface area (Å²) in [6, 6.07) is 12.9. The molecule has 2 aromatic rings. The van der Waals surface area contributed by atoms with Crippen molar-refractivity contribution in [1.82, 2.24) is 10.2 Å².